The van der Waals surface area contributed by atoms with Crippen LogP contribution >= 0.6 is 0 Å². The number of esters is 1. The Hall–Kier alpha value is -0.790. The van der Waals surface area contributed by atoms with Crippen LogP contribution in [0.1, 0.15) is 112 Å². The number of allylic oxidation sites excluding steroid dienone is 1. The van der Waals surface area contributed by atoms with E-state index in [4.69, 9.17) is 4.74 Å². The number of hydrogen-bond acceptors (Lipinski definition) is 2. The molecule has 0 N–H and O–H groups in total. The lowest BCUT2D eigenvalue weighted by molar-refractivity contribution is -0.148. The zero-order valence-corrected chi connectivity index (χ0v) is 20.3. The number of carbonyl (C=O) groups excluding carboxylic acids is 1. The predicted molar refractivity (Wildman–Crippen MR) is 124 cm³/mol. The van der Waals surface area contributed by atoms with E-state index in [0.717, 1.165) is 42.4 Å². The van der Waals surface area contributed by atoms with Gasteiger partial charge in [0.1, 0.15) is 6.10 Å². The average molecular weight is 415 g/mol. The largest absolute Gasteiger partial charge is 0.462 e. The molecule has 0 spiro atoms. The summed E-state index contributed by atoms with van der Waals surface area (Å²) < 4.78 is 5.60. The van der Waals surface area contributed by atoms with Gasteiger partial charge in [0.25, 0.3) is 0 Å². The van der Waals surface area contributed by atoms with Crippen LogP contribution in [-0.2, 0) is 9.53 Å². The molecule has 0 aromatic heterocycles. The molecule has 3 saturated carbocycles. The van der Waals surface area contributed by atoms with Gasteiger partial charge in [0.05, 0.1) is 0 Å². The second kappa shape index (κ2) is 8.62. The van der Waals surface area contributed by atoms with Crippen LogP contribution in [0.5, 0.6) is 0 Å². The molecule has 2 heteroatoms. The molecule has 0 amide bonds. The van der Waals surface area contributed by atoms with Crippen molar-refractivity contribution in [2.45, 2.75) is 118 Å². The summed E-state index contributed by atoms with van der Waals surface area (Å²) >= 11 is 0. The Morgan fingerprint density at radius 1 is 1.10 bits per heavy atom. The maximum absolute atomic E-state index is 11.5. The fourth-order valence-electron chi connectivity index (χ4n) is 8.49. The monoisotopic (exact) mass is 414 g/mol. The molecule has 0 heterocycles. The van der Waals surface area contributed by atoms with Gasteiger partial charge in [-0.05, 0) is 91.8 Å². The zero-order chi connectivity index (χ0) is 21.5. The number of carbonyl (C=O) groups is 1. The molecule has 2 unspecified atom stereocenters. The SMILES string of the molecule is CC(=O)O[C@H]1CC[C@@]2(C)C(=CC[C@@H]3C2CC[C@@]2(C)C3CC[C@@H]2CCCCC(C)C)C1. The molecule has 7 atom stereocenters. The van der Waals surface area contributed by atoms with E-state index in [1.807, 2.05) is 0 Å². The lowest BCUT2D eigenvalue weighted by Gasteiger charge is -2.58. The minimum atomic E-state index is -0.114. The quantitative estimate of drug-likeness (QED) is 0.253. The number of hydrogen-bond donors (Lipinski definition) is 0. The van der Waals surface area contributed by atoms with E-state index in [9.17, 15) is 4.79 Å². The first-order valence-corrected chi connectivity index (χ1v) is 13.1. The summed E-state index contributed by atoms with van der Waals surface area (Å²) in [5.74, 6) is 4.39. The summed E-state index contributed by atoms with van der Waals surface area (Å²) in [5, 5.41) is 0. The molecule has 0 aromatic carbocycles. The highest BCUT2D eigenvalue weighted by atomic mass is 16.5. The molecule has 0 aliphatic heterocycles. The molecule has 0 aromatic rings. The van der Waals surface area contributed by atoms with Crippen LogP contribution in [0.2, 0.25) is 0 Å². The smallest absolute Gasteiger partial charge is 0.302 e. The van der Waals surface area contributed by atoms with Gasteiger partial charge in [-0.1, -0.05) is 58.6 Å². The standard InChI is InChI=1S/C28H46O2/c1-19(2)8-6-7-9-21-11-13-25-24-12-10-22-18-23(30-20(3)29)14-16-28(22,5)26(24)15-17-27(21,25)4/h10,19,21,23-26H,6-9,11-18H2,1-5H3/t21-,23-,24-,25?,26?,27+,28-/m0/s1. The summed E-state index contributed by atoms with van der Waals surface area (Å²) in [6, 6.07) is 0. The Morgan fingerprint density at radius 3 is 2.63 bits per heavy atom. The van der Waals surface area contributed by atoms with E-state index in [2.05, 4.69) is 33.8 Å². The highest BCUT2D eigenvalue weighted by molar-refractivity contribution is 5.66. The van der Waals surface area contributed by atoms with Crippen LogP contribution in [0, 0.1) is 40.4 Å². The third-order valence-corrected chi connectivity index (χ3v) is 10.2. The Kier molecular flexibility index (Phi) is 6.44. The number of ether oxygens (including phenoxy) is 1. The third kappa shape index (κ3) is 4.02. The van der Waals surface area contributed by atoms with E-state index in [-0.39, 0.29) is 12.1 Å². The number of rotatable bonds is 6. The van der Waals surface area contributed by atoms with Crippen LogP contribution in [-0.4, -0.2) is 12.1 Å². The zero-order valence-electron chi connectivity index (χ0n) is 20.3. The fraction of sp³-hybridized carbons (Fsp3) is 0.893. The molecule has 4 aliphatic carbocycles. The number of fused-ring (bicyclic) bond motifs is 5. The maximum Gasteiger partial charge on any atom is 0.302 e. The second-order valence-electron chi connectivity index (χ2n) is 12.2. The molecule has 30 heavy (non-hydrogen) atoms. The van der Waals surface area contributed by atoms with Gasteiger partial charge in [0.15, 0.2) is 0 Å². The van der Waals surface area contributed by atoms with Crippen molar-refractivity contribution in [3.63, 3.8) is 0 Å². The summed E-state index contributed by atoms with van der Waals surface area (Å²) in [6.45, 7) is 11.5. The molecule has 4 aliphatic rings. The average Bonchev–Trinajstić information content (AvgIpc) is 3.01. The first kappa shape index (κ1) is 22.4. The van der Waals surface area contributed by atoms with Crippen molar-refractivity contribution in [2.75, 3.05) is 0 Å². The van der Waals surface area contributed by atoms with Gasteiger partial charge in [0, 0.05) is 13.3 Å². The summed E-state index contributed by atoms with van der Waals surface area (Å²) in [5.41, 5.74) is 2.57. The molecular weight excluding hydrogens is 368 g/mol. The van der Waals surface area contributed by atoms with E-state index < -0.39 is 0 Å². The Balaban J connectivity index is 1.44. The molecule has 0 bridgehead atoms. The minimum absolute atomic E-state index is 0.114. The van der Waals surface area contributed by atoms with Gasteiger partial charge in [-0.3, -0.25) is 4.79 Å². The molecule has 2 nitrogen and oxygen atoms in total. The van der Waals surface area contributed by atoms with E-state index in [1.165, 1.54) is 64.2 Å². The minimum Gasteiger partial charge on any atom is -0.462 e. The summed E-state index contributed by atoms with van der Waals surface area (Å²) in [6.07, 6.45) is 18.8. The van der Waals surface area contributed by atoms with E-state index >= 15 is 0 Å². The summed E-state index contributed by atoms with van der Waals surface area (Å²) in [4.78, 5) is 11.5. The fourth-order valence-corrected chi connectivity index (χ4v) is 8.49. The Morgan fingerprint density at radius 2 is 1.90 bits per heavy atom. The van der Waals surface area contributed by atoms with Crippen molar-refractivity contribution in [1.82, 2.24) is 0 Å². The van der Waals surface area contributed by atoms with Crippen LogP contribution in [0.4, 0.5) is 0 Å². The van der Waals surface area contributed by atoms with Gasteiger partial charge in [-0.2, -0.15) is 0 Å². The van der Waals surface area contributed by atoms with Gasteiger partial charge in [-0.15, -0.1) is 0 Å². The summed E-state index contributed by atoms with van der Waals surface area (Å²) in [7, 11) is 0. The lowest BCUT2D eigenvalue weighted by atomic mass is 9.47. The van der Waals surface area contributed by atoms with Gasteiger partial charge < -0.3 is 4.74 Å². The van der Waals surface area contributed by atoms with Crippen LogP contribution in [0.25, 0.3) is 0 Å². The first-order valence-electron chi connectivity index (χ1n) is 13.1. The van der Waals surface area contributed by atoms with Crippen molar-refractivity contribution >= 4 is 5.97 Å². The molecule has 0 radical (unpaired) electrons. The van der Waals surface area contributed by atoms with Gasteiger partial charge >= 0.3 is 5.97 Å². The van der Waals surface area contributed by atoms with Crippen molar-refractivity contribution in [2.24, 2.45) is 40.4 Å². The van der Waals surface area contributed by atoms with Crippen LogP contribution in [0.15, 0.2) is 11.6 Å². The third-order valence-electron chi connectivity index (χ3n) is 10.2. The normalized spacial score (nSPS) is 42.9. The van der Waals surface area contributed by atoms with E-state index in [0.29, 0.717) is 10.8 Å². The van der Waals surface area contributed by atoms with Gasteiger partial charge in [-0.25, -0.2) is 0 Å². The van der Waals surface area contributed by atoms with Gasteiger partial charge in [0.2, 0.25) is 0 Å². The Bertz CT molecular complexity index is 664. The van der Waals surface area contributed by atoms with Crippen LogP contribution in [0.3, 0.4) is 0 Å². The predicted octanol–water partition coefficient (Wildman–Crippen LogP) is 7.71. The van der Waals surface area contributed by atoms with Crippen LogP contribution < -0.4 is 0 Å². The highest BCUT2D eigenvalue weighted by Gasteiger charge is 2.58. The Labute approximate surface area is 185 Å². The van der Waals surface area contributed by atoms with Crippen molar-refractivity contribution in [3.05, 3.63) is 11.6 Å². The molecule has 0 saturated heterocycles. The number of unbranched alkanes of at least 4 members (excludes halogenated alkanes) is 1. The maximum atomic E-state index is 11.5. The topological polar surface area (TPSA) is 26.3 Å². The molecular formula is C28H46O2. The molecule has 170 valence electrons. The van der Waals surface area contributed by atoms with Crippen molar-refractivity contribution < 1.29 is 9.53 Å². The molecule has 3 fully saturated rings. The van der Waals surface area contributed by atoms with Crippen molar-refractivity contribution in [1.29, 1.82) is 0 Å². The molecule has 4 rings (SSSR count). The highest BCUT2D eigenvalue weighted by Crippen LogP contribution is 2.66. The van der Waals surface area contributed by atoms with Crippen molar-refractivity contribution in [3.8, 4) is 0 Å². The van der Waals surface area contributed by atoms with E-state index in [1.54, 1.807) is 12.5 Å². The first-order chi connectivity index (χ1) is 14.2. The second-order valence-corrected chi connectivity index (χ2v) is 12.2. The lowest BCUT2D eigenvalue weighted by Crippen LogP contribution is -2.50.